The summed E-state index contributed by atoms with van der Waals surface area (Å²) in [6, 6.07) is 11.1. The Morgan fingerprint density at radius 3 is 2.50 bits per heavy atom. The van der Waals surface area contributed by atoms with Crippen LogP contribution in [0.15, 0.2) is 36.4 Å². The number of hydrogen-bond acceptors (Lipinski definition) is 3. The van der Waals surface area contributed by atoms with Gasteiger partial charge in [-0.05, 0) is 43.5 Å². The third kappa shape index (κ3) is 3.25. The molecule has 26 heavy (non-hydrogen) atoms. The van der Waals surface area contributed by atoms with Crippen molar-refractivity contribution in [2.24, 2.45) is 0 Å². The van der Waals surface area contributed by atoms with E-state index in [1.165, 1.54) is 0 Å². The molecule has 0 aliphatic carbocycles. The fraction of sp³-hybridized carbons (Fsp3) is 0.286. The lowest BCUT2D eigenvalue weighted by Gasteiger charge is -2.15. The molecule has 0 saturated carbocycles. The standard InChI is InChI=1S/C21H22N2O3/c1-4-15-7-5-6-14(3)19(15)22-18(24)10-11-23-20(25)16-9-8-13(2)12-17(16)21(23)26/h5-9,12H,4,10-11H2,1-3H3,(H,22,24). The van der Waals surface area contributed by atoms with Crippen LogP contribution in [0.1, 0.15) is 50.8 Å². The van der Waals surface area contributed by atoms with Crippen molar-refractivity contribution in [1.29, 1.82) is 0 Å². The lowest BCUT2D eigenvalue weighted by molar-refractivity contribution is -0.116. The molecule has 0 bridgehead atoms. The van der Waals surface area contributed by atoms with Gasteiger partial charge in [0.15, 0.2) is 0 Å². The van der Waals surface area contributed by atoms with Crippen LogP contribution in [-0.4, -0.2) is 29.2 Å². The molecule has 0 radical (unpaired) electrons. The summed E-state index contributed by atoms with van der Waals surface area (Å²) < 4.78 is 0. The SMILES string of the molecule is CCc1cccc(C)c1NC(=O)CCN1C(=O)c2ccc(C)cc2C1=O. The fourth-order valence-electron chi connectivity index (χ4n) is 3.22. The third-order valence-electron chi connectivity index (χ3n) is 4.69. The quantitative estimate of drug-likeness (QED) is 0.840. The number of imide groups is 1. The van der Waals surface area contributed by atoms with Gasteiger partial charge in [0.1, 0.15) is 0 Å². The number of fused-ring (bicyclic) bond motifs is 1. The number of carbonyl (C=O) groups excluding carboxylic acids is 3. The highest BCUT2D eigenvalue weighted by Crippen LogP contribution is 2.25. The van der Waals surface area contributed by atoms with Crippen molar-refractivity contribution in [2.45, 2.75) is 33.6 Å². The fourth-order valence-corrected chi connectivity index (χ4v) is 3.22. The normalized spacial score (nSPS) is 13.1. The molecule has 0 fully saturated rings. The summed E-state index contributed by atoms with van der Waals surface area (Å²) >= 11 is 0. The first-order valence-corrected chi connectivity index (χ1v) is 8.77. The maximum atomic E-state index is 12.5. The summed E-state index contributed by atoms with van der Waals surface area (Å²) in [7, 11) is 0. The van der Waals surface area contributed by atoms with Gasteiger partial charge in [0, 0.05) is 18.7 Å². The van der Waals surface area contributed by atoms with E-state index in [-0.39, 0.29) is 30.7 Å². The molecular formula is C21H22N2O3. The summed E-state index contributed by atoms with van der Waals surface area (Å²) in [6.45, 7) is 5.93. The molecular weight excluding hydrogens is 328 g/mol. The van der Waals surface area contributed by atoms with Gasteiger partial charge in [-0.2, -0.15) is 0 Å². The number of rotatable bonds is 5. The van der Waals surface area contributed by atoms with Gasteiger partial charge in [-0.25, -0.2) is 0 Å². The van der Waals surface area contributed by atoms with E-state index in [9.17, 15) is 14.4 Å². The average Bonchev–Trinajstić information content (AvgIpc) is 2.85. The van der Waals surface area contributed by atoms with Crippen LogP contribution in [0.3, 0.4) is 0 Å². The van der Waals surface area contributed by atoms with Crippen LogP contribution in [-0.2, 0) is 11.2 Å². The topological polar surface area (TPSA) is 66.5 Å². The van der Waals surface area contributed by atoms with Crippen LogP contribution in [0.2, 0.25) is 0 Å². The number of carbonyl (C=O) groups is 3. The van der Waals surface area contributed by atoms with Gasteiger partial charge in [0.2, 0.25) is 5.91 Å². The van der Waals surface area contributed by atoms with Crippen molar-refractivity contribution in [3.8, 4) is 0 Å². The zero-order valence-electron chi connectivity index (χ0n) is 15.3. The van der Waals surface area contributed by atoms with E-state index in [4.69, 9.17) is 0 Å². The van der Waals surface area contributed by atoms with E-state index in [0.29, 0.717) is 11.1 Å². The predicted molar refractivity (Wildman–Crippen MR) is 100 cm³/mol. The smallest absolute Gasteiger partial charge is 0.261 e. The maximum Gasteiger partial charge on any atom is 0.261 e. The lowest BCUT2D eigenvalue weighted by Crippen LogP contribution is -2.33. The van der Waals surface area contributed by atoms with Crippen molar-refractivity contribution in [3.05, 3.63) is 64.2 Å². The van der Waals surface area contributed by atoms with Gasteiger partial charge in [0.05, 0.1) is 11.1 Å². The van der Waals surface area contributed by atoms with Crippen molar-refractivity contribution in [3.63, 3.8) is 0 Å². The second kappa shape index (κ2) is 7.12. The van der Waals surface area contributed by atoms with E-state index in [1.807, 2.05) is 45.0 Å². The van der Waals surface area contributed by atoms with Gasteiger partial charge in [-0.1, -0.05) is 36.8 Å². The molecule has 0 unspecified atom stereocenters. The summed E-state index contributed by atoms with van der Waals surface area (Å²) in [4.78, 5) is 38.4. The zero-order valence-corrected chi connectivity index (χ0v) is 15.3. The Bertz CT molecular complexity index is 902. The summed E-state index contributed by atoms with van der Waals surface area (Å²) in [6.07, 6.45) is 0.886. The molecule has 5 nitrogen and oxygen atoms in total. The van der Waals surface area contributed by atoms with Gasteiger partial charge < -0.3 is 5.32 Å². The van der Waals surface area contributed by atoms with Crippen LogP contribution >= 0.6 is 0 Å². The van der Waals surface area contributed by atoms with Crippen LogP contribution < -0.4 is 5.32 Å². The molecule has 0 aromatic heterocycles. The summed E-state index contributed by atoms with van der Waals surface area (Å²) in [5, 5.41) is 2.93. The first-order chi connectivity index (χ1) is 12.4. The Balaban J connectivity index is 1.68. The molecule has 3 amide bonds. The van der Waals surface area contributed by atoms with Crippen molar-refractivity contribution in [1.82, 2.24) is 4.90 Å². The number of nitrogens with one attached hydrogen (secondary N) is 1. The monoisotopic (exact) mass is 350 g/mol. The Morgan fingerprint density at radius 2 is 1.77 bits per heavy atom. The molecule has 0 saturated heterocycles. The van der Waals surface area contributed by atoms with E-state index in [1.54, 1.807) is 12.1 Å². The van der Waals surface area contributed by atoms with E-state index in [0.717, 1.165) is 33.7 Å². The Morgan fingerprint density at radius 1 is 1.04 bits per heavy atom. The first kappa shape index (κ1) is 17.9. The molecule has 1 N–H and O–H groups in total. The lowest BCUT2D eigenvalue weighted by atomic mass is 10.1. The van der Waals surface area contributed by atoms with Crippen LogP contribution in [0.4, 0.5) is 5.69 Å². The highest BCUT2D eigenvalue weighted by Gasteiger charge is 2.35. The number of benzene rings is 2. The minimum atomic E-state index is -0.331. The van der Waals surface area contributed by atoms with Crippen LogP contribution in [0, 0.1) is 13.8 Å². The number of hydrogen-bond donors (Lipinski definition) is 1. The van der Waals surface area contributed by atoms with E-state index >= 15 is 0 Å². The molecule has 5 heteroatoms. The Kier molecular flexibility index (Phi) is 4.89. The van der Waals surface area contributed by atoms with Gasteiger partial charge in [0.25, 0.3) is 11.8 Å². The van der Waals surface area contributed by atoms with Crippen LogP contribution in [0.25, 0.3) is 0 Å². The molecule has 1 aliphatic rings. The van der Waals surface area contributed by atoms with Gasteiger partial charge in [-0.3, -0.25) is 19.3 Å². The van der Waals surface area contributed by atoms with Gasteiger partial charge in [-0.15, -0.1) is 0 Å². The van der Waals surface area contributed by atoms with Crippen molar-refractivity contribution < 1.29 is 14.4 Å². The zero-order chi connectivity index (χ0) is 18.8. The molecule has 0 spiro atoms. The van der Waals surface area contributed by atoms with E-state index in [2.05, 4.69) is 5.32 Å². The maximum absolute atomic E-state index is 12.5. The molecule has 2 aromatic carbocycles. The number of nitrogens with zero attached hydrogens (tertiary/aromatic N) is 1. The van der Waals surface area contributed by atoms with Crippen molar-refractivity contribution in [2.75, 3.05) is 11.9 Å². The second-order valence-electron chi connectivity index (χ2n) is 6.57. The number of para-hydroxylation sites is 1. The molecule has 134 valence electrons. The van der Waals surface area contributed by atoms with Crippen LogP contribution in [0.5, 0.6) is 0 Å². The summed E-state index contributed by atoms with van der Waals surface area (Å²) in [5.74, 6) is -0.865. The molecule has 1 heterocycles. The molecule has 1 aliphatic heterocycles. The molecule has 2 aromatic rings. The average molecular weight is 350 g/mol. The largest absolute Gasteiger partial charge is 0.326 e. The van der Waals surface area contributed by atoms with E-state index < -0.39 is 0 Å². The Hall–Kier alpha value is -2.95. The minimum absolute atomic E-state index is 0.0714. The number of amides is 3. The molecule has 0 atom stereocenters. The predicted octanol–water partition coefficient (Wildman–Crippen LogP) is 3.49. The number of aryl methyl sites for hydroxylation is 3. The third-order valence-corrected chi connectivity index (χ3v) is 4.69. The second-order valence-corrected chi connectivity index (χ2v) is 6.57. The molecule has 3 rings (SSSR count). The first-order valence-electron chi connectivity index (χ1n) is 8.77. The highest BCUT2D eigenvalue weighted by molar-refractivity contribution is 6.21. The van der Waals surface area contributed by atoms with Crippen molar-refractivity contribution >= 4 is 23.4 Å². The number of anilines is 1. The summed E-state index contributed by atoms with van der Waals surface area (Å²) in [5.41, 5.74) is 4.63. The van der Waals surface area contributed by atoms with Gasteiger partial charge >= 0.3 is 0 Å². The Labute approximate surface area is 153 Å². The highest BCUT2D eigenvalue weighted by atomic mass is 16.2. The minimum Gasteiger partial charge on any atom is -0.326 e.